The molecule has 1 N–H and O–H groups in total. The number of H-pyrrole nitrogens is 1. The number of nitrogens with zero attached hydrogens (tertiary/aromatic N) is 2. The summed E-state index contributed by atoms with van der Waals surface area (Å²) >= 11 is 6.10. The van der Waals surface area contributed by atoms with Gasteiger partial charge in [-0.25, -0.2) is 0 Å². The Balaban J connectivity index is 1.41. The number of pyridine rings is 1. The lowest BCUT2D eigenvalue weighted by atomic mass is 9.96. The molecule has 1 aromatic heterocycles. The lowest BCUT2D eigenvalue weighted by Gasteiger charge is -2.39. The van der Waals surface area contributed by atoms with E-state index in [4.69, 9.17) is 16.3 Å². The molecule has 0 aliphatic carbocycles. The molecule has 4 rings (SSSR count). The summed E-state index contributed by atoms with van der Waals surface area (Å²) in [6.07, 6.45) is 1.50. The highest BCUT2D eigenvalue weighted by atomic mass is 35.5. The van der Waals surface area contributed by atoms with Crippen LogP contribution in [0, 0.1) is 6.92 Å². The van der Waals surface area contributed by atoms with Gasteiger partial charge >= 0.3 is 0 Å². The van der Waals surface area contributed by atoms with Crippen LogP contribution in [0.15, 0.2) is 71.7 Å². The molecule has 0 saturated carbocycles. The molecule has 166 valence electrons. The molecule has 7 heteroatoms. The second-order valence-corrected chi connectivity index (χ2v) is 8.35. The van der Waals surface area contributed by atoms with Gasteiger partial charge in [-0.2, -0.15) is 0 Å². The Labute approximate surface area is 192 Å². The van der Waals surface area contributed by atoms with E-state index in [-0.39, 0.29) is 29.7 Å². The number of aromatic nitrogens is 1. The van der Waals surface area contributed by atoms with E-state index in [2.05, 4.69) is 34.1 Å². The number of nitrogens with one attached hydrogen (secondary N) is 1. The van der Waals surface area contributed by atoms with Crippen LogP contribution in [0.5, 0.6) is 5.75 Å². The van der Waals surface area contributed by atoms with Gasteiger partial charge in [0, 0.05) is 49.2 Å². The number of hydrogen-bond donors (Lipinski definition) is 1. The predicted octanol–water partition coefficient (Wildman–Crippen LogP) is 3.65. The average Bonchev–Trinajstić information content (AvgIpc) is 2.81. The molecular weight excluding hydrogens is 426 g/mol. The van der Waals surface area contributed by atoms with E-state index in [9.17, 15) is 9.59 Å². The van der Waals surface area contributed by atoms with Gasteiger partial charge in [0.25, 0.3) is 5.91 Å². The minimum absolute atomic E-state index is 0.0908. The van der Waals surface area contributed by atoms with Crippen molar-refractivity contribution in [3.05, 3.63) is 98.9 Å². The number of carbonyl (C=O) groups is 1. The second kappa shape index (κ2) is 10.0. The number of rotatable bonds is 6. The van der Waals surface area contributed by atoms with Crippen molar-refractivity contribution in [2.45, 2.75) is 13.0 Å². The molecule has 3 aromatic rings. The highest BCUT2D eigenvalue weighted by molar-refractivity contribution is 6.30. The van der Waals surface area contributed by atoms with Crippen molar-refractivity contribution in [1.82, 2.24) is 14.8 Å². The molecule has 1 aliphatic rings. The van der Waals surface area contributed by atoms with Crippen molar-refractivity contribution < 1.29 is 9.53 Å². The molecule has 1 amide bonds. The average molecular weight is 452 g/mol. The minimum atomic E-state index is -0.229. The van der Waals surface area contributed by atoms with E-state index < -0.39 is 0 Å². The minimum Gasteiger partial charge on any atom is -0.478 e. The second-order valence-electron chi connectivity index (χ2n) is 7.91. The van der Waals surface area contributed by atoms with Gasteiger partial charge in [-0.15, -0.1) is 0 Å². The molecule has 32 heavy (non-hydrogen) atoms. The molecule has 1 atom stereocenters. The normalized spacial score (nSPS) is 15.4. The molecule has 0 radical (unpaired) electrons. The van der Waals surface area contributed by atoms with Gasteiger partial charge in [0.2, 0.25) is 5.43 Å². The number of aromatic amines is 1. The smallest absolute Gasteiger partial charge is 0.260 e. The molecule has 0 bridgehead atoms. The fourth-order valence-electron chi connectivity index (χ4n) is 4.03. The van der Waals surface area contributed by atoms with Crippen LogP contribution >= 0.6 is 11.6 Å². The van der Waals surface area contributed by atoms with Crippen LogP contribution in [-0.2, 0) is 4.79 Å². The Morgan fingerprint density at radius 3 is 2.34 bits per heavy atom. The fourth-order valence-corrected chi connectivity index (χ4v) is 4.15. The third-order valence-electron chi connectivity index (χ3n) is 5.71. The molecule has 1 aliphatic heterocycles. The van der Waals surface area contributed by atoms with Crippen molar-refractivity contribution in [3.63, 3.8) is 0 Å². The summed E-state index contributed by atoms with van der Waals surface area (Å²) in [6.45, 7) is 4.32. The topological polar surface area (TPSA) is 65.6 Å². The van der Waals surface area contributed by atoms with E-state index in [1.165, 1.54) is 23.4 Å². The largest absolute Gasteiger partial charge is 0.478 e. The number of piperazine rings is 1. The third kappa shape index (κ3) is 5.21. The molecule has 0 spiro atoms. The van der Waals surface area contributed by atoms with Crippen LogP contribution in [0.3, 0.4) is 0 Å². The van der Waals surface area contributed by atoms with Crippen LogP contribution < -0.4 is 10.2 Å². The first-order chi connectivity index (χ1) is 15.5. The molecule has 2 heterocycles. The van der Waals surface area contributed by atoms with Crippen LogP contribution in [0.1, 0.15) is 22.9 Å². The first-order valence-corrected chi connectivity index (χ1v) is 11.0. The summed E-state index contributed by atoms with van der Waals surface area (Å²) in [5.41, 5.74) is 2.89. The highest BCUT2D eigenvalue weighted by Crippen LogP contribution is 2.30. The Hall–Kier alpha value is -3.09. The summed E-state index contributed by atoms with van der Waals surface area (Å²) in [4.78, 5) is 31.7. The zero-order valence-electron chi connectivity index (χ0n) is 18.0. The van der Waals surface area contributed by atoms with Crippen LogP contribution in [0.2, 0.25) is 5.02 Å². The SMILES string of the molecule is Cc1cc(=O)c(OCC(=O)N2CCN([C@H](c3ccccc3)c3ccc(Cl)cc3)CC2)c[nH]1. The third-order valence-corrected chi connectivity index (χ3v) is 5.96. The Kier molecular flexibility index (Phi) is 6.93. The lowest BCUT2D eigenvalue weighted by molar-refractivity contribution is -0.135. The monoisotopic (exact) mass is 451 g/mol. The fraction of sp³-hybridized carbons (Fsp3) is 0.280. The first-order valence-electron chi connectivity index (χ1n) is 10.7. The van der Waals surface area contributed by atoms with Crippen molar-refractivity contribution >= 4 is 17.5 Å². The van der Waals surface area contributed by atoms with Gasteiger partial charge in [0.15, 0.2) is 12.4 Å². The summed E-state index contributed by atoms with van der Waals surface area (Å²) in [7, 11) is 0. The van der Waals surface area contributed by atoms with Crippen LogP contribution in [-0.4, -0.2) is 53.5 Å². The van der Waals surface area contributed by atoms with Crippen molar-refractivity contribution in [1.29, 1.82) is 0 Å². The molecule has 1 fully saturated rings. The van der Waals surface area contributed by atoms with E-state index in [1.54, 1.807) is 11.8 Å². The summed E-state index contributed by atoms with van der Waals surface area (Å²) in [6, 6.07) is 19.9. The van der Waals surface area contributed by atoms with E-state index in [0.717, 1.165) is 18.8 Å². The number of ether oxygens (including phenoxy) is 1. The van der Waals surface area contributed by atoms with E-state index in [0.29, 0.717) is 18.1 Å². The van der Waals surface area contributed by atoms with E-state index >= 15 is 0 Å². The number of amides is 1. The van der Waals surface area contributed by atoms with Gasteiger partial charge < -0.3 is 14.6 Å². The number of halogens is 1. The maximum Gasteiger partial charge on any atom is 0.260 e. The zero-order valence-corrected chi connectivity index (χ0v) is 18.7. The van der Waals surface area contributed by atoms with Gasteiger partial charge in [-0.3, -0.25) is 14.5 Å². The molecular formula is C25H26ClN3O3. The zero-order chi connectivity index (χ0) is 22.5. The Morgan fingerprint density at radius 1 is 1.03 bits per heavy atom. The standard InChI is InChI=1S/C25H26ClN3O3/c1-18-15-22(30)23(16-27-18)32-17-24(31)28-11-13-29(14-12-28)25(19-5-3-2-4-6-19)20-7-9-21(26)10-8-20/h2-10,15-16,25H,11-14,17H2,1H3,(H,27,30)/t25-/m1/s1. The first kappa shape index (κ1) is 22.1. The number of aryl methyl sites for hydroxylation is 1. The number of benzene rings is 2. The van der Waals surface area contributed by atoms with Crippen LogP contribution in [0.4, 0.5) is 0 Å². The summed E-state index contributed by atoms with van der Waals surface area (Å²) in [5.74, 6) is 0.0434. The highest BCUT2D eigenvalue weighted by Gasteiger charge is 2.28. The maximum absolute atomic E-state index is 12.7. The van der Waals surface area contributed by atoms with E-state index in [1.807, 2.05) is 30.3 Å². The number of hydrogen-bond acceptors (Lipinski definition) is 4. The van der Waals surface area contributed by atoms with Gasteiger partial charge in [0.1, 0.15) is 0 Å². The lowest BCUT2D eigenvalue weighted by Crippen LogP contribution is -2.51. The quantitative estimate of drug-likeness (QED) is 0.621. The number of carbonyl (C=O) groups excluding carboxylic acids is 1. The predicted molar refractivity (Wildman–Crippen MR) is 125 cm³/mol. The molecule has 6 nitrogen and oxygen atoms in total. The summed E-state index contributed by atoms with van der Waals surface area (Å²) < 4.78 is 5.47. The molecule has 1 saturated heterocycles. The van der Waals surface area contributed by atoms with Crippen molar-refractivity contribution in [3.8, 4) is 5.75 Å². The maximum atomic E-state index is 12.7. The summed E-state index contributed by atoms with van der Waals surface area (Å²) in [5, 5.41) is 0.711. The van der Waals surface area contributed by atoms with Gasteiger partial charge in [-0.05, 0) is 30.2 Å². The Morgan fingerprint density at radius 2 is 1.69 bits per heavy atom. The van der Waals surface area contributed by atoms with Gasteiger partial charge in [-0.1, -0.05) is 54.1 Å². The Bertz CT molecular complexity index is 1110. The van der Waals surface area contributed by atoms with Crippen molar-refractivity contribution in [2.75, 3.05) is 32.8 Å². The molecule has 0 unspecified atom stereocenters. The van der Waals surface area contributed by atoms with Crippen molar-refractivity contribution in [2.24, 2.45) is 0 Å². The van der Waals surface area contributed by atoms with Gasteiger partial charge in [0.05, 0.1) is 6.04 Å². The van der Waals surface area contributed by atoms with Crippen LogP contribution in [0.25, 0.3) is 0 Å². The molecule has 2 aromatic carbocycles.